The van der Waals surface area contributed by atoms with E-state index >= 15 is 0 Å². The number of unbranched alkanes of at least 4 members (excludes halogenated alkanes) is 1. The number of rotatable bonds is 7. The van der Waals surface area contributed by atoms with Crippen molar-refractivity contribution < 1.29 is 9.53 Å². The summed E-state index contributed by atoms with van der Waals surface area (Å²) in [6.45, 7) is 3.10. The van der Waals surface area contributed by atoms with Gasteiger partial charge in [0.15, 0.2) is 0 Å². The summed E-state index contributed by atoms with van der Waals surface area (Å²) in [4.78, 5) is 18.6. The fraction of sp³-hybridized carbons (Fsp3) is 0.333. The minimum Gasteiger partial charge on any atom is -0.497 e. The maximum absolute atomic E-state index is 12.4. The topological polar surface area (TPSA) is 54.5 Å². The van der Waals surface area contributed by atoms with Crippen molar-refractivity contribution in [3.05, 3.63) is 48.3 Å². The van der Waals surface area contributed by atoms with Crippen molar-refractivity contribution in [2.75, 3.05) is 30.9 Å². The van der Waals surface area contributed by atoms with Crippen molar-refractivity contribution in [3.63, 3.8) is 0 Å². The van der Waals surface area contributed by atoms with Crippen molar-refractivity contribution in [1.82, 2.24) is 4.98 Å². The lowest BCUT2D eigenvalue weighted by Crippen LogP contribution is -2.19. The number of nitrogens with zero attached hydrogens (tertiary/aromatic N) is 2. The van der Waals surface area contributed by atoms with Crippen LogP contribution in [0.25, 0.3) is 0 Å². The first-order valence-electron chi connectivity index (χ1n) is 7.75. The molecule has 122 valence electrons. The van der Waals surface area contributed by atoms with Gasteiger partial charge in [0.25, 0.3) is 5.91 Å². The van der Waals surface area contributed by atoms with Crippen LogP contribution in [0.15, 0.2) is 42.7 Å². The summed E-state index contributed by atoms with van der Waals surface area (Å²) in [5.74, 6) is 0.581. The second kappa shape index (κ2) is 8.17. The Kier molecular flexibility index (Phi) is 5.97. The zero-order chi connectivity index (χ0) is 16.7. The van der Waals surface area contributed by atoms with Crippen LogP contribution in [0.3, 0.4) is 0 Å². The Hall–Kier alpha value is -2.56. The highest BCUT2D eigenvalue weighted by Crippen LogP contribution is 2.18. The third-order valence-corrected chi connectivity index (χ3v) is 3.62. The van der Waals surface area contributed by atoms with E-state index in [1.54, 1.807) is 31.6 Å². The summed E-state index contributed by atoms with van der Waals surface area (Å²) >= 11 is 0. The molecule has 5 nitrogen and oxygen atoms in total. The second-order valence-electron chi connectivity index (χ2n) is 5.39. The Morgan fingerprint density at radius 1 is 1.26 bits per heavy atom. The quantitative estimate of drug-likeness (QED) is 0.849. The maximum atomic E-state index is 12.4. The molecule has 0 radical (unpaired) electrons. The molecule has 1 amide bonds. The number of carbonyl (C=O) groups is 1. The molecule has 1 N–H and O–H groups in total. The summed E-state index contributed by atoms with van der Waals surface area (Å²) < 4.78 is 5.10. The van der Waals surface area contributed by atoms with Gasteiger partial charge in [-0.25, -0.2) is 0 Å². The molecule has 0 aliphatic rings. The molecule has 0 aliphatic heterocycles. The Morgan fingerprint density at radius 2 is 2.00 bits per heavy atom. The molecule has 1 aromatic heterocycles. The Bertz CT molecular complexity index is 641. The van der Waals surface area contributed by atoms with Gasteiger partial charge < -0.3 is 15.0 Å². The summed E-state index contributed by atoms with van der Waals surface area (Å²) in [6.07, 6.45) is 5.60. The molecule has 0 atom stereocenters. The van der Waals surface area contributed by atoms with Gasteiger partial charge in [-0.3, -0.25) is 9.78 Å². The van der Waals surface area contributed by atoms with Gasteiger partial charge >= 0.3 is 0 Å². The Balaban J connectivity index is 2.06. The van der Waals surface area contributed by atoms with Gasteiger partial charge in [0.2, 0.25) is 0 Å². The molecule has 0 fully saturated rings. The van der Waals surface area contributed by atoms with E-state index in [0.29, 0.717) is 5.56 Å². The minimum absolute atomic E-state index is 0.173. The third kappa shape index (κ3) is 4.71. The van der Waals surface area contributed by atoms with E-state index in [1.807, 2.05) is 25.2 Å². The van der Waals surface area contributed by atoms with Crippen LogP contribution in [-0.4, -0.2) is 31.6 Å². The number of benzene rings is 1. The van der Waals surface area contributed by atoms with Crippen molar-refractivity contribution in [3.8, 4) is 5.75 Å². The molecule has 0 bridgehead atoms. The van der Waals surface area contributed by atoms with E-state index in [1.165, 1.54) is 0 Å². The van der Waals surface area contributed by atoms with Crippen molar-refractivity contribution >= 4 is 17.3 Å². The smallest absolute Gasteiger partial charge is 0.257 e. The van der Waals surface area contributed by atoms with Gasteiger partial charge in [0.1, 0.15) is 5.75 Å². The van der Waals surface area contributed by atoms with Crippen LogP contribution in [0.1, 0.15) is 30.1 Å². The number of hydrogen-bond acceptors (Lipinski definition) is 4. The molecule has 0 spiro atoms. The molecule has 1 aromatic carbocycles. The van der Waals surface area contributed by atoms with Crippen molar-refractivity contribution in [1.29, 1.82) is 0 Å². The summed E-state index contributed by atoms with van der Waals surface area (Å²) in [7, 11) is 3.62. The average molecular weight is 313 g/mol. The van der Waals surface area contributed by atoms with E-state index in [0.717, 1.165) is 36.5 Å². The van der Waals surface area contributed by atoms with Crippen LogP contribution >= 0.6 is 0 Å². The first kappa shape index (κ1) is 16.8. The van der Waals surface area contributed by atoms with Crippen LogP contribution in [0.2, 0.25) is 0 Å². The normalized spacial score (nSPS) is 10.2. The van der Waals surface area contributed by atoms with Gasteiger partial charge in [0.05, 0.1) is 24.6 Å². The highest BCUT2D eigenvalue weighted by molar-refractivity contribution is 6.04. The summed E-state index contributed by atoms with van der Waals surface area (Å²) in [5.41, 5.74) is 2.21. The zero-order valence-corrected chi connectivity index (χ0v) is 13.9. The van der Waals surface area contributed by atoms with Gasteiger partial charge in [-0.1, -0.05) is 13.3 Å². The predicted octanol–water partition coefficient (Wildman–Crippen LogP) is 3.58. The van der Waals surface area contributed by atoms with Crippen molar-refractivity contribution in [2.24, 2.45) is 0 Å². The van der Waals surface area contributed by atoms with Gasteiger partial charge in [-0.05, 0) is 36.8 Å². The number of pyridine rings is 1. The molecule has 2 aromatic rings. The van der Waals surface area contributed by atoms with Gasteiger partial charge in [-0.15, -0.1) is 0 Å². The van der Waals surface area contributed by atoms with Crippen LogP contribution < -0.4 is 15.0 Å². The van der Waals surface area contributed by atoms with Gasteiger partial charge in [-0.2, -0.15) is 0 Å². The van der Waals surface area contributed by atoms with E-state index in [4.69, 9.17) is 4.74 Å². The lowest BCUT2D eigenvalue weighted by atomic mass is 10.2. The van der Waals surface area contributed by atoms with E-state index in [2.05, 4.69) is 22.1 Å². The standard InChI is InChI=1S/C18H23N3O2/c1-4-5-10-21(2)16-11-14(12-19-13-16)18(22)20-15-6-8-17(23-3)9-7-15/h6-9,11-13H,4-5,10H2,1-3H3,(H,20,22). The fourth-order valence-corrected chi connectivity index (χ4v) is 2.16. The van der Waals surface area contributed by atoms with Crippen LogP contribution in [0, 0.1) is 0 Å². The van der Waals surface area contributed by atoms with Crippen LogP contribution in [0.5, 0.6) is 5.75 Å². The molecule has 5 heteroatoms. The average Bonchev–Trinajstić information content (AvgIpc) is 2.60. The highest BCUT2D eigenvalue weighted by Gasteiger charge is 2.09. The molecule has 0 saturated heterocycles. The lowest BCUT2D eigenvalue weighted by molar-refractivity contribution is 0.102. The first-order chi connectivity index (χ1) is 11.1. The molecule has 0 unspecified atom stereocenters. The summed E-state index contributed by atoms with van der Waals surface area (Å²) in [5, 5.41) is 2.87. The monoisotopic (exact) mass is 313 g/mol. The zero-order valence-electron chi connectivity index (χ0n) is 13.9. The number of ether oxygens (including phenoxy) is 1. The third-order valence-electron chi connectivity index (χ3n) is 3.62. The van der Waals surface area contributed by atoms with E-state index in [-0.39, 0.29) is 5.91 Å². The van der Waals surface area contributed by atoms with Crippen molar-refractivity contribution in [2.45, 2.75) is 19.8 Å². The number of nitrogens with one attached hydrogen (secondary N) is 1. The summed E-state index contributed by atoms with van der Waals surface area (Å²) in [6, 6.07) is 9.09. The molecule has 23 heavy (non-hydrogen) atoms. The van der Waals surface area contributed by atoms with E-state index in [9.17, 15) is 4.79 Å². The highest BCUT2D eigenvalue weighted by atomic mass is 16.5. The Labute approximate surface area is 137 Å². The minimum atomic E-state index is -0.173. The number of anilines is 2. The van der Waals surface area contributed by atoms with E-state index < -0.39 is 0 Å². The number of hydrogen-bond donors (Lipinski definition) is 1. The molecular weight excluding hydrogens is 290 g/mol. The second-order valence-corrected chi connectivity index (χ2v) is 5.39. The molecule has 1 heterocycles. The number of amides is 1. The lowest BCUT2D eigenvalue weighted by Gasteiger charge is -2.19. The number of methoxy groups -OCH3 is 1. The predicted molar refractivity (Wildman–Crippen MR) is 93.4 cm³/mol. The SMILES string of the molecule is CCCCN(C)c1cncc(C(=O)Nc2ccc(OC)cc2)c1. The number of carbonyl (C=O) groups excluding carboxylic acids is 1. The molecular formula is C18H23N3O2. The maximum Gasteiger partial charge on any atom is 0.257 e. The van der Waals surface area contributed by atoms with Gasteiger partial charge in [0, 0.05) is 25.5 Å². The van der Waals surface area contributed by atoms with Crippen LogP contribution in [0.4, 0.5) is 11.4 Å². The fourth-order valence-electron chi connectivity index (χ4n) is 2.16. The molecule has 0 aliphatic carbocycles. The largest absolute Gasteiger partial charge is 0.497 e. The Morgan fingerprint density at radius 3 is 2.65 bits per heavy atom. The molecule has 2 rings (SSSR count). The van der Waals surface area contributed by atoms with Crippen LogP contribution in [-0.2, 0) is 0 Å². The molecule has 0 saturated carbocycles. The number of aromatic nitrogens is 1. The first-order valence-corrected chi connectivity index (χ1v) is 7.75.